The van der Waals surface area contributed by atoms with E-state index < -0.39 is 0 Å². The van der Waals surface area contributed by atoms with E-state index in [1.165, 1.54) is 5.56 Å². The molecule has 0 bridgehead atoms. The van der Waals surface area contributed by atoms with E-state index in [4.69, 9.17) is 16.7 Å². The van der Waals surface area contributed by atoms with Gasteiger partial charge in [0.1, 0.15) is 5.82 Å². The lowest BCUT2D eigenvalue weighted by Crippen LogP contribution is -2.12. The molecule has 0 saturated heterocycles. The van der Waals surface area contributed by atoms with Crippen LogP contribution in [0.2, 0.25) is 5.02 Å². The minimum atomic E-state index is -0.0291. The first-order valence-electron chi connectivity index (χ1n) is 8.04. The summed E-state index contributed by atoms with van der Waals surface area (Å²) in [5.41, 5.74) is 4.19. The largest absolute Gasteiger partial charge is 0.340 e. The maximum Gasteiger partial charge on any atom is 0.134 e. The van der Waals surface area contributed by atoms with Crippen LogP contribution in [0, 0.1) is 6.92 Å². The van der Waals surface area contributed by atoms with Gasteiger partial charge in [0.25, 0.3) is 0 Å². The summed E-state index contributed by atoms with van der Waals surface area (Å²) in [4.78, 5) is 0. The lowest BCUT2D eigenvalue weighted by molar-refractivity contribution is 0.560. The van der Waals surface area contributed by atoms with Gasteiger partial charge in [-0.05, 0) is 36.8 Å². The molecule has 0 aliphatic rings. The second-order valence-corrected chi connectivity index (χ2v) is 7.43. The number of benzene rings is 2. The van der Waals surface area contributed by atoms with E-state index in [1.807, 2.05) is 41.1 Å². The Bertz CT molecular complexity index is 859. The van der Waals surface area contributed by atoms with Crippen LogP contribution >= 0.6 is 11.6 Å². The van der Waals surface area contributed by atoms with E-state index in [-0.39, 0.29) is 5.41 Å². The van der Waals surface area contributed by atoms with Crippen LogP contribution in [0.5, 0.6) is 0 Å². The van der Waals surface area contributed by atoms with Gasteiger partial charge in [-0.1, -0.05) is 56.6 Å². The molecule has 3 rings (SSSR count). The SMILES string of the molecule is Cc1ccccc1-n1nc(C(C)(C)C)cc1Nc1cccc(Cl)c1. The molecule has 0 aliphatic heterocycles. The summed E-state index contributed by atoms with van der Waals surface area (Å²) in [6.45, 7) is 8.60. The highest BCUT2D eigenvalue weighted by Gasteiger charge is 2.21. The zero-order valence-corrected chi connectivity index (χ0v) is 15.2. The predicted octanol–water partition coefficient (Wildman–Crippen LogP) is 5.88. The maximum atomic E-state index is 6.11. The summed E-state index contributed by atoms with van der Waals surface area (Å²) in [6, 6.07) is 18.1. The molecule has 0 unspecified atom stereocenters. The van der Waals surface area contributed by atoms with Crippen LogP contribution < -0.4 is 5.32 Å². The van der Waals surface area contributed by atoms with Crippen molar-refractivity contribution < 1.29 is 0 Å². The average molecular weight is 340 g/mol. The Labute approximate surface area is 148 Å². The van der Waals surface area contributed by atoms with Crippen LogP contribution in [-0.2, 0) is 5.41 Å². The molecule has 3 aromatic rings. The lowest BCUT2D eigenvalue weighted by atomic mass is 9.92. The van der Waals surface area contributed by atoms with Crippen molar-refractivity contribution in [1.82, 2.24) is 9.78 Å². The van der Waals surface area contributed by atoms with Gasteiger partial charge in [-0.3, -0.25) is 0 Å². The normalized spacial score (nSPS) is 11.5. The number of nitrogens with one attached hydrogen (secondary N) is 1. The average Bonchev–Trinajstić information content (AvgIpc) is 2.91. The van der Waals surface area contributed by atoms with E-state index in [9.17, 15) is 0 Å². The van der Waals surface area contributed by atoms with Gasteiger partial charge in [0.05, 0.1) is 11.4 Å². The second-order valence-electron chi connectivity index (χ2n) is 7.00. The van der Waals surface area contributed by atoms with Crippen LogP contribution in [0.15, 0.2) is 54.6 Å². The third kappa shape index (κ3) is 3.46. The molecule has 0 radical (unpaired) electrons. The molecule has 0 fully saturated rings. The highest BCUT2D eigenvalue weighted by Crippen LogP contribution is 2.29. The second kappa shape index (κ2) is 6.33. The van der Waals surface area contributed by atoms with E-state index in [2.05, 4.69) is 51.2 Å². The molecule has 0 atom stereocenters. The third-order valence-corrected chi connectivity index (χ3v) is 4.15. The number of hydrogen-bond donors (Lipinski definition) is 1. The topological polar surface area (TPSA) is 29.9 Å². The van der Waals surface area contributed by atoms with Crippen molar-refractivity contribution >= 4 is 23.1 Å². The molecule has 0 amide bonds. The Kier molecular flexibility index (Phi) is 4.37. The molecule has 0 saturated carbocycles. The number of rotatable bonds is 3. The molecule has 4 heteroatoms. The van der Waals surface area contributed by atoms with Crippen molar-refractivity contribution in [2.24, 2.45) is 0 Å². The molecule has 1 heterocycles. The minimum absolute atomic E-state index is 0.0291. The zero-order chi connectivity index (χ0) is 17.3. The highest BCUT2D eigenvalue weighted by molar-refractivity contribution is 6.30. The van der Waals surface area contributed by atoms with Gasteiger partial charge in [0, 0.05) is 22.2 Å². The van der Waals surface area contributed by atoms with Gasteiger partial charge >= 0.3 is 0 Å². The predicted molar refractivity (Wildman–Crippen MR) is 102 cm³/mol. The van der Waals surface area contributed by atoms with Crippen LogP contribution in [0.3, 0.4) is 0 Å². The van der Waals surface area contributed by atoms with Crippen LogP contribution in [0.1, 0.15) is 32.0 Å². The number of anilines is 2. The standard InChI is InChI=1S/C20H22ClN3/c1-14-8-5-6-11-17(14)24-19(13-18(23-24)20(2,3)4)22-16-10-7-9-15(21)12-16/h5-13,22H,1-4H3. The van der Waals surface area contributed by atoms with Crippen molar-refractivity contribution in [1.29, 1.82) is 0 Å². The Morgan fingerprint density at radius 1 is 1.00 bits per heavy atom. The van der Waals surface area contributed by atoms with Gasteiger partial charge in [0.15, 0.2) is 0 Å². The number of halogens is 1. The van der Waals surface area contributed by atoms with Crippen molar-refractivity contribution in [3.05, 3.63) is 70.9 Å². The van der Waals surface area contributed by atoms with Crippen LogP contribution in [-0.4, -0.2) is 9.78 Å². The smallest absolute Gasteiger partial charge is 0.134 e. The fourth-order valence-electron chi connectivity index (χ4n) is 2.54. The summed E-state index contributed by atoms with van der Waals surface area (Å²) >= 11 is 6.11. The number of para-hydroxylation sites is 1. The first kappa shape index (κ1) is 16.6. The van der Waals surface area contributed by atoms with E-state index in [0.29, 0.717) is 5.02 Å². The summed E-state index contributed by atoms with van der Waals surface area (Å²) in [5, 5.41) is 9.01. The first-order chi connectivity index (χ1) is 11.3. The number of aryl methyl sites for hydroxylation is 1. The molecular weight excluding hydrogens is 318 g/mol. The molecule has 0 spiro atoms. The Morgan fingerprint density at radius 3 is 2.42 bits per heavy atom. The first-order valence-corrected chi connectivity index (χ1v) is 8.41. The van der Waals surface area contributed by atoms with Gasteiger partial charge < -0.3 is 5.32 Å². The minimum Gasteiger partial charge on any atom is -0.340 e. The van der Waals surface area contributed by atoms with E-state index in [0.717, 1.165) is 22.9 Å². The third-order valence-electron chi connectivity index (χ3n) is 3.92. The molecule has 124 valence electrons. The molecule has 0 aliphatic carbocycles. The summed E-state index contributed by atoms with van der Waals surface area (Å²) in [7, 11) is 0. The molecular formula is C20H22ClN3. The Balaban J connectivity index is 2.10. The molecule has 1 aromatic heterocycles. The summed E-state index contributed by atoms with van der Waals surface area (Å²) in [6.07, 6.45) is 0. The van der Waals surface area contributed by atoms with Crippen molar-refractivity contribution in [3.8, 4) is 5.69 Å². The molecule has 2 aromatic carbocycles. The summed E-state index contributed by atoms with van der Waals surface area (Å²) in [5.74, 6) is 0.927. The van der Waals surface area contributed by atoms with Crippen molar-refractivity contribution in [2.45, 2.75) is 33.1 Å². The molecule has 3 nitrogen and oxygen atoms in total. The fourth-order valence-corrected chi connectivity index (χ4v) is 2.73. The van der Waals surface area contributed by atoms with Crippen LogP contribution in [0.25, 0.3) is 5.69 Å². The lowest BCUT2D eigenvalue weighted by Gasteiger charge is -2.14. The summed E-state index contributed by atoms with van der Waals surface area (Å²) < 4.78 is 1.97. The quantitative estimate of drug-likeness (QED) is 0.646. The zero-order valence-electron chi connectivity index (χ0n) is 14.5. The van der Waals surface area contributed by atoms with Gasteiger partial charge in [-0.15, -0.1) is 0 Å². The van der Waals surface area contributed by atoms with E-state index >= 15 is 0 Å². The van der Waals surface area contributed by atoms with E-state index in [1.54, 1.807) is 0 Å². The number of aromatic nitrogens is 2. The van der Waals surface area contributed by atoms with Crippen molar-refractivity contribution in [3.63, 3.8) is 0 Å². The van der Waals surface area contributed by atoms with Gasteiger partial charge in [-0.2, -0.15) is 5.10 Å². The number of nitrogens with zero attached hydrogens (tertiary/aromatic N) is 2. The Hall–Kier alpha value is -2.26. The fraction of sp³-hybridized carbons (Fsp3) is 0.250. The molecule has 24 heavy (non-hydrogen) atoms. The van der Waals surface area contributed by atoms with Gasteiger partial charge in [-0.25, -0.2) is 4.68 Å². The Morgan fingerprint density at radius 2 is 1.75 bits per heavy atom. The highest BCUT2D eigenvalue weighted by atomic mass is 35.5. The van der Waals surface area contributed by atoms with Crippen molar-refractivity contribution in [2.75, 3.05) is 5.32 Å². The number of hydrogen-bond acceptors (Lipinski definition) is 2. The monoisotopic (exact) mass is 339 g/mol. The van der Waals surface area contributed by atoms with Gasteiger partial charge in [0.2, 0.25) is 0 Å². The maximum absolute atomic E-state index is 6.11. The molecule has 1 N–H and O–H groups in total. The van der Waals surface area contributed by atoms with Crippen LogP contribution in [0.4, 0.5) is 11.5 Å².